The Hall–Kier alpha value is -5.03. The van der Waals surface area contributed by atoms with Gasteiger partial charge in [-0.05, 0) is 66.1 Å². The van der Waals surface area contributed by atoms with E-state index in [1.165, 1.54) is 11.1 Å². The molecule has 204 valence electrons. The number of hydrogen-bond donors (Lipinski definition) is 1. The number of aryl methyl sites for hydroxylation is 1. The summed E-state index contributed by atoms with van der Waals surface area (Å²) in [7, 11) is 0. The lowest BCUT2D eigenvalue weighted by molar-refractivity contribution is -0.121. The molecule has 0 aliphatic heterocycles. The minimum absolute atomic E-state index is 0.0452. The topological polar surface area (TPSA) is 56.4 Å². The van der Waals surface area contributed by atoms with Crippen molar-refractivity contribution in [3.8, 4) is 11.5 Å². The predicted molar refractivity (Wildman–Crippen MR) is 162 cm³/mol. The smallest absolute Gasteiger partial charge is 0.221 e. The average Bonchev–Trinajstić information content (AvgIpc) is 3.65. The molecule has 4 aromatic carbocycles. The van der Waals surface area contributed by atoms with Crippen molar-refractivity contribution in [3.63, 3.8) is 0 Å². The number of carbonyl (C=O) groups excluding carboxylic acids is 1. The van der Waals surface area contributed by atoms with Crippen molar-refractivity contribution < 1.29 is 13.9 Å². The van der Waals surface area contributed by atoms with Gasteiger partial charge >= 0.3 is 0 Å². The number of aromatic nitrogens is 1. The maximum absolute atomic E-state index is 13.3. The average molecular weight is 541 g/mol. The molecule has 1 atom stereocenters. The first kappa shape index (κ1) is 26.2. The summed E-state index contributed by atoms with van der Waals surface area (Å²) in [6.45, 7) is 3.20. The second-order valence-corrected chi connectivity index (χ2v) is 10.3. The quantitative estimate of drug-likeness (QED) is 0.190. The summed E-state index contributed by atoms with van der Waals surface area (Å²) < 4.78 is 13.9. The summed E-state index contributed by atoms with van der Waals surface area (Å²) in [6, 6.07) is 38.6. The summed E-state index contributed by atoms with van der Waals surface area (Å²) in [5.41, 5.74) is 5.74. The number of ether oxygens (including phenoxy) is 1. The van der Waals surface area contributed by atoms with Gasteiger partial charge in [-0.25, -0.2) is 0 Å². The van der Waals surface area contributed by atoms with Gasteiger partial charge in [-0.1, -0.05) is 78.4 Å². The first-order valence-corrected chi connectivity index (χ1v) is 13.9. The standard InChI is InChI=1S/C36H32N2O3/c1-26-16-18-27(19-17-26)24-38-25-34(32-14-5-6-15-35(32)38)33(22-36(39)37-23-31-13-8-20-40-31)28-9-7-12-30(21-28)41-29-10-3-2-4-11-29/h2-21,25,33H,22-24H2,1H3,(H,37,39)/t33-/m1/s1. The number of fused-ring (bicyclic) bond motifs is 1. The van der Waals surface area contributed by atoms with E-state index >= 15 is 0 Å². The van der Waals surface area contributed by atoms with Crippen LogP contribution >= 0.6 is 0 Å². The monoisotopic (exact) mass is 540 g/mol. The second kappa shape index (κ2) is 12.0. The SMILES string of the molecule is Cc1ccc(Cn2cc([C@H](CC(=O)NCc3ccco3)c3cccc(Oc4ccccc4)c3)c3ccccc32)cc1. The van der Waals surface area contributed by atoms with Crippen molar-refractivity contribution >= 4 is 16.8 Å². The lowest BCUT2D eigenvalue weighted by atomic mass is 9.88. The molecule has 0 saturated carbocycles. The van der Waals surface area contributed by atoms with Gasteiger partial charge in [-0.2, -0.15) is 0 Å². The van der Waals surface area contributed by atoms with Crippen molar-refractivity contribution in [3.05, 3.63) is 156 Å². The Morgan fingerprint density at radius 1 is 0.854 bits per heavy atom. The highest BCUT2D eigenvalue weighted by Crippen LogP contribution is 2.37. The molecule has 0 bridgehead atoms. The molecule has 0 fully saturated rings. The Bertz CT molecular complexity index is 1740. The molecule has 41 heavy (non-hydrogen) atoms. The van der Waals surface area contributed by atoms with Crippen LogP contribution in [0.15, 0.2) is 132 Å². The van der Waals surface area contributed by atoms with E-state index in [0.717, 1.165) is 45.8 Å². The lowest BCUT2D eigenvalue weighted by Crippen LogP contribution is -2.24. The van der Waals surface area contributed by atoms with Crippen LogP contribution in [0.4, 0.5) is 0 Å². The van der Waals surface area contributed by atoms with Crippen LogP contribution in [-0.4, -0.2) is 10.5 Å². The van der Waals surface area contributed by atoms with Gasteiger partial charge in [0.15, 0.2) is 0 Å². The molecular weight excluding hydrogens is 508 g/mol. The molecule has 5 nitrogen and oxygen atoms in total. The van der Waals surface area contributed by atoms with Crippen molar-refractivity contribution in [1.29, 1.82) is 0 Å². The van der Waals surface area contributed by atoms with Gasteiger partial charge in [0, 0.05) is 36.0 Å². The summed E-state index contributed by atoms with van der Waals surface area (Å²) in [4.78, 5) is 13.3. The van der Waals surface area contributed by atoms with Crippen LogP contribution in [0.1, 0.15) is 40.4 Å². The van der Waals surface area contributed by atoms with E-state index < -0.39 is 0 Å². The Labute approximate surface area is 240 Å². The van der Waals surface area contributed by atoms with E-state index in [1.807, 2.05) is 60.7 Å². The van der Waals surface area contributed by atoms with Gasteiger partial charge in [0.2, 0.25) is 5.91 Å². The molecule has 0 aliphatic carbocycles. The number of rotatable bonds is 10. The molecule has 6 aromatic rings. The van der Waals surface area contributed by atoms with Crippen molar-refractivity contribution in [2.24, 2.45) is 0 Å². The number of benzene rings is 4. The molecule has 1 amide bonds. The van der Waals surface area contributed by atoms with E-state index in [-0.39, 0.29) is 18.2 Å². The maximum atomic E-state index is 13.3. The van der Waals surface area contributed by atoms with E-state index in [4.69, 9.17) is 9.15 Å². The highest BCUT2D eigenvalue weighted by molar-refractivity contribution is 5.87. The van der Waals surface area contributed by atoms with Crippen LogP contribution < -0.4 is 10.1 Å². The number of furan rings is 1. The number of para-hydroxylation sites is 2. The predicted octanol–water partition coefficient (Wildman–Crippen LogP) is 8.22. The molecule has 0 aliphatic rings. The molecule has 0 spiro atoms. The minimum Gasteiger partial charge on any atom is -0.467 e. The van der Waals surface area contributed by atoms with Gasteiger partial charge < -0.3 is 19.0 Å². The molecule has 6 rings (SSSR count). The molecule has 2 aromatic heterocycles. The number of hydrogen-bond acceptors (Lipinski definition) is 3. The van der Waals surface area contributed by atoms with Crippen molar-refractivity contribution in [2.45, 2.75) is 32.4 Å². The van der Waals surface area contributed by atoms with Gasteiger partial charge in [0.1, 0.15) is 17.3 Å². The van der Waals surface area contributed by atoms with Gasteiger partial charge in [-0.15, -0.1) is 0 Å². The Morgan fingerprint density at radius 3 is 2.44 bits per heavy atom. The lowest BCUT2D eigenvalue weighted by Gasteiger charge is -2.18. The first-order valence-electron chi connectivity index (χ1n) is 13.9. The third-order valence-corrected chi connectivity index (χ3v) is 7.34. The second-order valence-electron chi connectivity index (χ2n) is 10.3. The van der Waals surface area contributed by atoms with Gasteiger partial charge in [-0.3, -0.25) is 4.79 Å². The summed E-state index contributed by atoms with van der Waals surface area (Å²) >= 11 is 0. The zero-order chi connectivity index (χ0) is 28.0. The summed E-state index contributed by atoms with van der Waals surface area (Å²) in [6.07, 6.45) is 4.11. The van der Waals surface area contributed by atoms with Crippen LogP contribution in [0.3, 0.4) is 0 Å². The van der Waals surface area contributed by atoms with E-state index in [0.29, 0.717) is 6.54 Å². The largest absolute Gasteiger partial charge is 0.467 e. The van der Waals surface area contributed by atoms with Crippen LogP contribution in [0, 0.1) is 6.92 Å². The molecule has 5 heteroatoms. The van der Waals surface area contributed by atoms with Crippen LogP contribution in [0.5, 0.6) is 11.5 Å². The Kier molecular flexibility index (Phi) is 7.68. The third kappa shape index (κ3) is 6.25. The van der Waals surface area contributed by atoms with E-state index in [1.54, 1.807) is 6.26 Å². The number of carbonyl (C=O) groups is 1. The zero-order valence-corrected chi connectivity index (χ0v) is 23.0. The van der Waals surface area contributed by atoms with E-state index in [2.05, 4.69) is 77.6 Å². The fourth-order valence-electron chi connectivity index (χ4n) is 5.26. The minimum atomic E-state index is -0.185. The number of nitrogens with one attached hydrogen (secondary N) is 1. The van der Waals surface area contributed by atoms with E-state index in [9.17, 15) is 4.79 Å². The van der Waals surface area contributed by atoms with Crippen LogP contribution in [-0.2, 0) is 17.9 Å². The summed E-state index contributed by atoms with van der Waals surface area (Å²) in [5, 5.41) is 4.18. The fraction of sp³-hybridized carbons (Fsp3) is 0.139. The molecule has 2 heterocycles. The van der Waals surface area contributed by atoms with Crippen LogP contribution in [0.25, 0.3) is 10.9 Å². The normalized spacial score (nSPS) is 11.8. The Balaban J connectivity index is 1.37. The first-order chi connectivity index (χ1) is 20.1. The molecule has 0 saturated heterocycles. The molecule has 1 N–H and O–H groups in total. The van der Waals surface area contributed by atoms with Crippen molar-refractivity contribution in [2.75, 3.05) is 0 Å². The summed E-state index contributed by atoms with van der Waals surface area (Å²) in [5.74, 6) is 2.00. The zero-order valence-electron chi connectivity index (χ0n) is 23.0. The van der Waals surface area contributed by atoms with Gasteiger partial charge in [0.05, 0.1) is 12.8 Å². The highest BCUT2D eigenvalue weighted by Gasteiger charge is 2.23. The maximum Gasteiger partial charge on any atom is 0.221 e. The fourth-order valence-corrected chi connectivity index (χ4v) is 5.26. The highest BCUT2D eigenvalue weighted by atomic mass is 16.5. The van der Waals surface area contributed by atoms with Crippen LogP contribution in [0.2, 0.25) is 0 Å². The number of nitrogens with zero attached hydrogens (tertiary/aromatic N) is 1. The molecular formula is C36H32N2O3. The molecule has 0 unspecified atom stereocenters. The molecule has 0 radical (unpaired) electrons. The Morgan fingerprint density at radius 2 is 1.63 bits per heavy atom. The number of amides is 1. The third-order valence-electron chi connectivity index (χ3n) is 7.34. The van der Waals surface area contributed by atoms with Gasteiger partial charge in [0.25, 0.3) is 0 Å². The van der Waals surface area contributed by atoms with Crippen molar-refractivity contribution in [1.82, 2.24) is 9.88 Å².